The van der Waals surface area contributed by atoms with E-state index in [-0.39, 0.29) is 11.4 Å². The molecular weight excluding hydrogens is 308 g/mol. The van der Waals surface area contributed by atoms with Crippen molar-refractivity contribution in [3.8, 4) is 0 Å². The molecule has 1 aromatic rings. The third kappa shape index (κ3) is 4.28. The average Bonchev–Trinajstić information content (AvgIpc) is 2.18. The van der Waals surface area contributed by atoms with Crippen LogP contribution in [0.25, 0.3) is 0 Å². The van der Waals surface area contributed by atoms with Gasteiger partial charge in [-0.15, -0.1) is 11.6 Å². The number of hydrogen-bond acceptors (Lipinski definition) is 1. The van der Waals surface area contributed by atoms with Crippen molar-refractivity contribution in [3.05, 3.63) is 34.1 Å². The van der Waals surface area contributed by atoms with Crippen LogP contribution in [0.15, 0.2) is 22.7 Å². The van der Waals surface area contributed by atoms with Gasteiger partial charge in [0.2, 0.25) is 5.91 Å². The number of rotatable bonds is 2. The van der Waals surface area contributed by atoms with Gasteiger partial charge in [0.1, 0.15) is 11.2 Å². The third-order valence-electron chi connectivity index (χ3n) is 1.96. The third-order valence-corrected chi connectivity index (χ3v) is 3.06. The topological polar surface area (TPSA) is 29.1 Å². The molecule has 1 amide bonds. The molecule has 5 heteroatoms. The molecule has 0 bridgehead atoms. The zero-order valence-electron chi connectivity index (χ0n) is 9.85. The monoisotopic (exact) mass is 321 g/mol. The second kappa shape index (κ2) is 5.36. The van der Waals surface area contributed by atoms with Crippen LogP contribution in [-0.4, -0.2) is 11.4 Å². The lowest BCUT2D eigenvalue weighted by Crippen LogP contribution is -2.42. The molecule has 1 rings (SSSR count). The maximum atomic E-state index is 13.3. The normalized spacial score (nSPS) is 13.3. The van der Waals surface area contributed by atoms with Crippen LogP contribution in [0.5, 0.6) is 0 Å². The van der Waals surface area contributed by atoms with Crippen molar-refractivity contribution in [2.45, 2.75) is 31.7 Å². The van der Waals surface area contributed by atoms with Gasteiger partial charge < -0.3 is 5.32 Å². The maximum Gasteiger partial charge on any atom is 0.243 e. The SMILES string of the molecule is CC(C)(C)NC(=O)C(Cl)c1ccc(Br)c(F)c1. The van der Waals surface area contributed by atoms with Crippen molar-refractivity contribution >= 4 is 33.4 Å². The van der Waals surface area contributed by atoms with E-state index in [1.54, 1.807) is 6.07 Å². The van der Waals surface area contributed by atoms with Crippen molar-refractivity contribution in [1.29, 1.82) is 0 Å². The van der Waals surface area contributed by atoms with E-state index in [0.717, 1.165) is 0 Å². The van der Waals surface area contributed by atoms with E-state index in [9.17, 15) is 9.18 Å². The molecule has 0 heterocycles. The number of halogens is 3. The lowest BCUT2D eigenvalue weighted by molar-refractivity contribution is -0.122. The summed E-state index contributed by atoms with van der Waals surface area (Å²) >= 11 is 9.04. The van der Waals surface area contributed by atoms with Gasteiger partial charge in [-0.3, -0.25) is 4.79 Å². The lowest BCUT2D eigenvalue weighted by atomic mass is 10.1. The van der Waals surface area contributed by atoms with Gasteiger partial charge in [-0.1, -0.05) is 6.07 Å². The summed E-state index contributed by atoms with van der Waals surface area (Å²) < 4.78 is 13.7. The number of nitrogens with one attached hydrogen (secondary N) is 1. The van der Waals surface area contributed by atoms with Gasteiger partial charge in [0.05, 0.1) is 4.47 Å². The van der Waals surface area contributed by atoms with Crippen LogP contribution in [0.2, 0.25) is 0 Å². The first-order valence-electron chi connectivity index (χ1n) is 5.12. The molecule has 0 aliphatic rings. The first-order chi connectivity index (χ1) is 7.70. The minimum Gasteiger partial charge on any atom is -0.350 e. The molecule has 0 fully saturated rings. The molecule has 0 aliphatic carbocycles. The van der Waals surface area contributed by atoms with Gasteiger partial charge in [-0.25, -0.2) is 4.39 Å². The molecular formula is C12H14BrClFNO. The molecule has 0 aliphatic heterocycles. The molecule has 2 nitrogen and oxygen atoms in total. The van der Waals surface area contributed by atoms with Gasteiger partial charge in [-0.05, 0) is 54.4 Å². The molecule has 0 saturated carbocycles. The molecule has 1 unspecified atom stereocenters. The smallest absolute Gasteiger partial charge is 0.243 e. The fourth-order valence-corrected chi connectivity index (χ4v) is 1.69. The summed E-state index contributed by atoms with van der Waals surface area (Å²) in [7, 11) is 0. The Morgan fingerprint density at radius 3 is 2.53 bits per heavy atom. The summed E-state index contributed by atoms with van der Waals surface area (Å²) in [5.41, 5.74) is 0.0760. The van der Waals surface area contributed by atoms with Crippen LogP contribution >= 0.6 is 27.5 Å². The minimum atomic E-state index is -0.892. The van der Waals surface area contributed by atoms with Crippen molar-refractivity contribution < 1.29 is 9.18 Å². The number of carbonyl (C=O) groups excluding carboxylic acids is 1. The van der Waals surface area contributed by atoms with Crippen LogP contribution in [-0.2, 0) is 4.79 Å². The van der Waals surface area contributed by atoms with E-state index in [2.05, 4.69) is 21.2 Å². The fourth-order valence-electron chi connectivity index (χ4n) is 1.25. The number of carbonyl (C=O) groups is 1. The highest BCUT2D eigenvalue weighted by Gasteiger charge is 2.22. The average molecular weight is 323 g/mol. The first kappa shape index (κ1) is 14.5. The Balaban J connectivity index is 2.85. The van der Waals surface area contributed by atoms with E-state index >= 15 is 0 Å². The number of alkyl halides is 1. The predicted octanol–water partition coefficient (Wildman–Crippen LogP) is 3.78. The van der Waals surface area contributed by atoms with E-state index in [1.165, 1.54) is 12.1 Å². The molecule has 1 aromatic carbocycles. The van der Waals surface area contributed by atoms with E-state index < -0.39 is 11.2 Å². The highest BCUT2D eigenvalue weighted by molar-refractivity contribution is 9.10. The second-order valence-electron chi connectivity index (χ2n) is 4.78. The van der Waals surface area contributed by atoms with Crippen LogP contribution in [0.3, 0.4) is 0 Å². The van der Waals surface area contributed by atoms with Crippen LogP contribution in [0, 0.1) is 5.82 Å². The van der Waals surface area contributed by atoms with Crippen LogP contribution in [0.4, 0.5) is 4.39 Å². The zero-order valence-corrected chi connectivity index (χ0v) is 12.2. The second-order valence-corrected chi connectivity index (χ2v) is 6.07. The Labute approximate surface area is 114 Å². The largest absolute Gasteiger partial charge is 0.350 e. The highest BCUT2D eigenvalue weighted by Crippen LogP contribution is 2.25. The summed E-state index contributed by atoms with van der Waals surface area (Å²) in [5, 5.41) is 1.85. The van der Waals surface area contributed by atoms with E-state index in [1.807, 2.05) is 20.8 Å². The predicted molar refractivity (Wildman–Crippen MR) is 70.6 cm³/mol. The summed E-state index contributed by atoms with van der Waals surface area (Å²) in [6.45, 7) is 5.57. The Morgan fingerprint density at radius 1 is 1.47 bits per heavy atom. The van der Waals surface area contributed by atoms with Gasteiger partial charge >= 0.3 is 0 Å². The first-order valence-corrected chi connectivity index (χ1v) is 6.35. The Hall–Kier alpha value is -0.610. The van der Waals surface area contributed by atoms with E-state index in [4.69, 9.17) is 11.6 Å². The van der Waals surface area contributed by atoms with Crippen molar-refractivity contribution in [1.82, 2.24) is 5.32 Å². The lowest BCUT2D eigenvalue weighted by Gasteiger charge is -2.22. The standard InChI is InChI=1S/C12H14BrClFNO/c1-12(2,3)16-11(17)10(14)7-4-5-8(13)9(15)6-7/h4-6,10H,1-3H3,(H,16,17). The molecule has 94 valence electrons. The number of amides is 1. The van der Waals surface area contributed by atoms with Crippen molar-refractivity contribution in [2.75, 3.05) is 0 Å². The Kier molecular flexibility index (Phi) is 4.55. The molecule has 17 heavy (non-hydrogen) atoms. The molecule has 0 aromatic heterocycles. The summed E-state index contributed by atoms with van der Waals surface area (Å²) in [6, 6.07) is 4.40. The number of benzene rings is 1. The quantitative estimate of drug-likeness (QED) is 0.825. The summed E-state index contributed by atoms with van der Waals surface area (Å²) in [6.07, 6.45) is 0. The molecule has 0 spiro atoms. The van der Waals surface area contributed by atoms with Crippen molar-refractivity contribution in [3.63, 3.8) is 0 Å². The zero-order chi connectivity index (χ0) is 13.2. The van der Waals surface area contributed by atoms with Gasteiger partial charge in [0, 0.05) is 5.54 Å². The Bertz CT molecular complexity index is 431. The van der Waals surface area contributed by atoms with Crippen LogP contribution in [0.1, 0.15) is 31.7 Å². The van der Waals surface area contributed by atoms with Gasteiger partial charge in [0.15, 0.2) is 0 Å². The summed E-state index contributed by atoms with van der Waals surface area (Å²) in [5.74, 6) is -0.766. The summed E-state index contributed by atoms with van der Waals surface area (Å²) in [4.78, 5) is 11.8. The molecule has 1 atom stereocenters. The molecule has 1 N–H and O–H groups in total. The molecule has 0 radical (unpaired) electrons. The number of hydrogen-bond donors (Lipinski definition) is 1. The van der Waals surface area contributed by atoms with Crippen molar-refractivity contribution in [2.24, 2.45) is 0 Å². The molecule has 0 saturated heterocycles. The maximum absolute atomic E-state index is 13.3. The highest BCUT2D eigenvalue weighted by atomic mass is 79.9. The fraction of sp³-hybridized carbons (Fsp3) is 0.417. The van der Waals surface area contributed by atoms with Crippen LogP contribution < -0.4 is 5.32 Å². The Morgan fingerprint density at radius 2 is 2.06 bits per heavy atom. The van der Waals surface area contributed by atoms with E-state index in [0.29, 0.717) is 10.0 Å². The minimum absolute atomic E-state index is 0.333. The van der Waals surface area contributed by atoms with Gasteiger partial charge in [-0.2, -0.15) is 0 Å². The van der Waals surface area contributed by atoms with Gasteiger partial charge in [0.25, 0.3) is 0 Å².